The summed E-state index contributed by atoms with van der Waals surface area (Å²) in [5.74, 6) is 1.28. The number of likely N-dealkylation sites (N-methyl/N-ethyl adjacent to an activating group) is 1. The number of aromatic nitrogens is 11. The molecule has 1 aliphatic rings. The Morgan fingerprint density at radius 1 is 0.344 bits per heavy atom. The van der Waals surface area contributed by atoms with Gasteiger partial charge in [0.1, 0.15) is 17.4 Å². The molecule has 0 spiro atoms. The second-order valence-electron chi connectivity index (χ2n) is 14.0. The van der Waals surface area contributed by atoms with E-state index in [1.165, 1.54) is 0 Å². The van der Waals surface area contributed by atoms with Crippen molar-refractivity contribution in [1.29, 1.82) is 0 Å². The topological polar surface area (TPSA) is 145 Å². The van der Waals surface area contributed by atoms with E-state index in [0.717, 1.165) is 45.6 Å². The molecule has 61 heavy (non-hydrogen) atoms. The third-order valence-electron chi connectivity index (χ3n) is 10.0. The highest BCUT2D eigenvalue weighted by molar-refractivity contribution is 5.69. The second-order valence-corrected chi connectivity index (χ2v) is 14.0. The maximum absolute atomic E-state index is 5.11. The van der Waals surface area contributed by atoms with Crippen molar-refractivity contribution in [2.75, 3.05) is 7.05 Å². The van der Waals surface area contributed by atoms with Gasteiger partial charge in [-0.25, -0.2) is 39.9 Å². The summed E-state index contributed by atoms with van der Waals surface area (Å²) in [6.45, 7) is 0. The van der Waals surface area contributed by atoms with Gasteiger partial charge in [-0.2, -0.15) is 0 Å². The van der Waals surface area contributed by atoms with E-state index in [1.54, 1.807) is 18.6 Å². The first kappa shape index (κ1) is 36.8. The molecule has 0 aromatic carbocycles. The lowest BCUT2D eigenvalue weighted by atomic mass is 10.1. The van der Waals surface area contributed by atoms with Gasteiger partial charge in [0, 0.05) is 25.6 Å². The van der Waals surface area contributed by atoms with E-state index in [2.05, 4.69) is 25.9 Å². The number of hydrogen-bond acceptors (Lipinski definition) is 12. The fourth-order valence-electron chi connectivity index (χ4n) is 7.03. The van der Waals surface area contributed by atoms with Gasteiger partial charge in [0.05, 0.1) is 68.3 Å². The van der Waals surface area contributed by atoms with Gasteiger partial charge in [0.15, 0.2) is 17.5 Å². The number of rotatable bonds is 9. The van der Waals surface area contributed by atoms with Crippen LogP contribution in [0, 0.1) is 0 Å². The third-order valence-corrected chi connectivity index (χ3v) is 10.0. The molecule has 9 aromatic rings. The van der Waals surface area contributed by atoms with Crippen LogP contribution in [0.1, 0.15) is 17.6 Å². The van der Waals surface area contributed by atoms with Crippen molar-refractivity contribution < 1.29 is 0 Å². The third kappa shape index (κ3) is 7.76. The van der Waals surface area contributed by atoms with Gasteiger partial charge in [-0.05, 0) is 103 Å². The van der Waals surface area contributed by atoms with Crippen LogP contribution in [0.3, 0.4) is 0 Å². The lowest BCUT2D eigenvalue weighted by molar-refractivity contribution is 0.394. The maximum atomic E-state index is 5.11. The molecule has 0 saturated carbocycles. The molecule has 9 aromatic heterocycles. The van der Waals surface area contributed by atoms with Crippen LogP contribution < -0.4 is 0 Å². The van der Waals surface area contributed by atoms with Gasteiger partial charge in [-0.1, -0.05) is 60.7 Å². The first-order valence-electron chi connectivity index (χ1n) is 19.6. The zero-order valence-corrected chi connectivity index (χ0v) is 32.8. The monoisotopic (exact) mass is 790 g/mol. The minimum absolute atomic E-state index is 0.387. The Morgan fingerprint density at radius 3 is 1.10 bits per heavy atom. The molecule has 1 atom stereocenters. The van der Waals surface area contributed by atoms with Gasteiger partial charge in [0.2, 0.25) is 0 Å². The predicted octanol–water partition coefficient (Wildman–Crippen LogP) is 9.28. The minimum Gasteiger partial charge on any atom is -0.359 e. The molecular formula is C49H34N12. The molecule has 1 aliphatic heterocycles. The first-order chi connectivity index (χ1) is 30.1. The summed E-state index contributed by atoms with van der Waals surface area (Å²) in [5, 5.41) is 0. The molecule has 10 rings (SSSR count). The zero-order valence-electron chi connectivity index (χ0n) is 32.8. The molecule has 0 fully saturated rings. The van der Waals surface area contributed by atoms with Crippen molar-refractivity contribution in [3.63, 3.8) is 0 Å². The van der Waals surface area contributed by atoms with Crippen LogP contribution in [0.2, 0.25) is 0 Å². The fraction of sp³-hybridized carbons (Fsp3) is 0.0408. The lowest BCUT2D eigenvalue weighted by Crippen LogP contribution is -2.26. The van der Waals surface area contributed by atoms with E-state index in [4.69, 9.17) is 39.9 Å². The average Bonchev–Trinajstić information content (AvgIpc) is 3.35. The molecule has 0 bridgehead atoms. The molecule has 10 heterocycles. The molecule has 12 nitrogen and oxygen atoms in total. The summed E-state index contributed by atoms with van der Waals surface area (Å²) in [7, 11) is 2.01. The van der Waals surface area contributed by atoms with Crippen LogP contribution >= 0.6 is 0 Å². The van der Waals surface area contributed by atoms with Crippen LogP contribution in [0.4, 0.5) is 0 Å². The molecular weight excluding hydrogens is 757 g/mol. The van der Waals surface area contributed by atoms with Crippen LogP contribution in [-0.4, -0.2) is 66.8 Å². The van der Waals surface area contributed by atoms with Gasteiger partial charge in [0.25, 0.3) is 0 Å². The average molecular weight is 791 g/mol. The Morgan fingerprint density at radius 2 is 0.689 bits per heavy atom. The van der Waals surface area contributed by atoms with Crippen molar-refractivity contribution >= 4 is 5.70 Å². The first-order valence-corrected chi connectivity index (χ1v) is 19.6. The number of allylic oxidation sites excluding steroid dienone is 2. The molecule has 290 valence electrons. The molecule has 12 heteroatoms. The number of pyridine rings is 8. The quantitative estimate of drug-likeness (QED) is 0.137. The summed E-state index contributed by atoms with van der Waals surface area (Å²) in [4.78, 5) is 55.8. The van der Waals surface area contributed by atoms with Gasteiger partial charge in [-0.3, -0.25) is 15.0 Å². The largest absolute Gasteiger partial charge is 0.359 e. The SMILES string of the molecule is CN1C(c2cccc(-c3ccccn3)n2)=CC=CC1c1nc(-c2cccc(-c3cccc(-c4ccccn4)n3)n2)nc(-c2cccc(-c3cccc(-c4ccccn4)n3)n2)n1. The summed E-state index contributed by atoms with van der Waals surface area (Å²) in [5.41, 5.74) is 10.1. The lowest BCUT2D eigenvalue weighted by Gasteiger charge is -2.31. The standard InChI is InChI=1S/C49H34N12/c1-61-45(42-24-10-19-37(55-42)34-16-4-7-31-52-34)27-13-28-46(61)49-59-47(43-25-11-22-40(56-43)38-20-8-17-35(53-38)32-14-2-5-29-50-32)58-48(60-49)44-26-12-23-41(57-44)39-21-9-18-36(54-39)33-15-3-6-30-51-33/h2-31,46H,1H3. The van der Waals surface area contributed by atoms with Crippen molar-refractivity contribution in [3.8, 4) is 80.0 Å². The molecule has 1 unspecified atom stereocenters. The highest BCUT2D eigenvalue weighted by Crippen LogP contribution is 2.34. The summed E-state index contributed by atoms with van der Waals surface area (Å²) < 4.78 is 0. The van der Waals surface area contributed by atoms with Gasteiger partial charge < -0.3 is 4.90 Å². The Balaban J connectivity index is 1.05. The maximum Gasteiger partial charge on any atom is 0.182 e. The van der Waals surface area contributed by atoms with Crippen molar-refractivity contribution in [2.45, 2.75) is 6.04 Å². The van der Waals surface area contributed by atoms with Gasteiger partial charge in [-0.15, -0.1) is 0 Å². The zero-order chi connectivity index (χ0) is 41.0. The van der Waals surface area contributed by atoms with Crippen molar-refractivity contribution in [3.05, 3.63) is 194 Å². The van der Waals surface area contributed by atoms with E-state index < -0.39 is 0 Å². The highest BCUT2D eigenvalue weighted by atomic mass is 15.2. The normalized spacial score (nSPS) is 13.5. The van der Waals surface area contributed by atoms with E-state index in [-0.39, 0.29) is 6.04 Å². The predicted molar refractivity (Wildman–Crippen MR) is 234 cm³/mol. The molecule has 0 saturated heterocycles. The Bertz CT molecular complexity index is 2920. The van der Waals surface area contributed by atoms with E-state index >= 15 is 0 Å². The minimum atomic E-state index is -0.388. The molecule has 0 aliphatic carbocycles. The summed E-state index contributed by atoms with van der Waals surface area (Å²) in [6, 6.07) is 46.0. The summed E-state index contributed by atoms with van der Waals surface area (Å²) in [6.07, 6.45) is 11.4. The van der Waals surface area contributed by atoms with Crippen LogP contribution in [0.15, 0.2) is 182 Å². The van der Waals surface area contributed by atoms with Crippen LogP contribution in [-0.2, 0) is 0 Å². The van der Waals surface area contributed by atoms with Crippen LogP contribution in [0.5, 0.6) is 0 Å². The molecule has 0 amide bonds. The van der Waals surface area contributed by atoms with E-state index in [9.17, 15) is 0 Å². The highest BCUT2D eigenvalue weighted by Gasteiger charge is 2.26. The number of hydrogen-bond donors (Lipinski definition) is 0. The van der Waals surface area contributed by atoms with E-state index in [1.807, 2.05) is 165 Å². The van der Waals surface area contributed by atoms with Gasteiger partial charge >= 0.3 is 0 Å². The van der Waals surface area contributed by atoms with E-state index in [0.29, 0.717) is 51.6 Å². The Labute approximate surface area is 351 Å². The Hall–Kier alpha value is -8.51. The Kier molecular flexibility index (Phi) is 9.89. The van der Waals surface area contributed by atoms with Crippen molar-refractivity contribution in [1.82, 2.24) is 59.7 Å². The number of nitrogens with zero attached hydrogens (tertiary/aromatic N) is 12. The summed E-state index contributed by atoms with van der Waals surface area (Å²) >= 11 is 0. The fourth-order valence-corrected chi connectivity index (χ4v) is 7.03. The smallest absolute Gasteiger partial charge is 0.182 e. The molecule has 0 N–H and O–H groups in total. The second kappa shape index (κ2) is 16.4. The molecule has 0 radical (unpaired) electrons. The van der Waals surface area contributed by atoms with Crippen molar-refractivity contribution in [2.24, 2.45) is 0 Å². The van der Waals surface area contributed by atoms with Crippen LogP contribution in [0.25, 0.3) is 85.7 Å².